The van der Waals surface area contributed by atoms with Crippen molar-refractivity contribution in [2.24, 2.45) is 0 Å². The van der Waals surface area contributed by atoms with Crippen molar-refractivity contribution in [1.29, 1.82) is 0 Å². The molecule has 0 fully saturated rings. The van der Waals surface area contributed by atoms with Gasteiger partial charge in [0.2, 0.25) is 5.43 Å². The lowest BCUT2D eigenvalue weighted by atomic mass is 9.76. The number of aromatic hydroxyl groups is 1. The van der Waals surface area contributed by atoms with Gasteiger partial charge >= 0.3 is 5.97 Å². The van der Waals surface area contributed by atoms with Gasteiger partial charge in [-0.05, 0) is 104 Å². The molecule has 1 aliphatic carbocycles. The molecule has 0 aromatic heterocycles. The van der Waals surface area contributed by atoms with Crippen molar-refractivity contribution in [2.75, 3.05) is 0 Å². The summed E-state index contributed by atoms with van der Waals surface area (Å²) in [5.41, 5.74) is 8.49. The van der Waals surface area contributed by atoms with Crippen LogP contribution in [0.4, 0.5) is 0 Å². The highest BCUT2D eigenvalue weighted by atomic mass is 79.9. The van der Waals surface area contributed by atoms with Crippen molar-refractivity contribution < 1.29 is 19.1 Å². The van der Waals surface area contributed by atoms with Crippen LogP contribution in [-0.4, -0.2) is 11.1 Å². The summed E-state index contributed by atoms with van der Waals surface area (Å²) in [6.07, 6.45) is 0. The van der Waals surface area contributed by atoms with E-state index in [4.69, 9.17) is 9.15 Å². The Hall–Kier alpha value is -4.80. The molecule has 0 amide bonds. The van der Waals surface area contributed by atoms with E-state index < -0.39 is 5.97 Å². The molecule has 54 heavy (non-hydrogen) atoms. The second kappa shape index (κ2) is 14.8. The highest BCUT2D eigenvalue weighted by molar-refractivity contribution is 9.11. The predicted octanol–water partition coefficient (Wildman–Crippen LogP) is 13.9. The van der Waals surface area contributed by atoms with E-state index in [-0.39, 0.29) is 31.5 Å². The molecule has 0 saturated heterocycles. The molecule has 2 aliphatic rings. The van der Waals surface area contributed by atoms with Crippen molar-refractivity contribution in [3.8, 4) is 78.5 Å². The average molecular weight is 966 g/mol. The van der Waals surface area contributed by atoms with E-state index in [1.165, 1.54) is 6.92 Å². The molecule has 264 valence electrons. The van der Waals surface area contributed by atoms with Crippen molar-refractivity contribution in [3.05, 3.63) is 162 Å². The zero-order valence-corrected chi connectivity index (χ0v) is 34.6. The second-order valence-electron chi connectivity index (χ2n) is 12.5. The van der Waals surface area contributed by atoms with Crippen LogP contribution >= 0.6 is 63.7 Å². The molecule has 6 aromatic rings. The number of esters is 1. The van der Waals surface area contributed by atoms with Gasteiger partial charge in [-0.3, -0.25) is 9.59 Å². The molecule has 0 unspecified atom stereocenters. The number of phenols is 1. The van der Waals surface area contributed by atoms with Crippen LogP contribution in [0.25, 0.3) is 77.9 Å². The fourth-order valence-corrected chi connectivity index (χ4v) is 9.44. The van der Waals surface area contributed by atoms with Crippen LogP contribution in [0.5, 0.6) is 11.5 Å². The SMILES string of the molecule is CC(=O)Oc1c(-c2ccccc2)c(-c2ccccc2)c(-c2ccccc2)c(-c2ccccc2)c1-c1c2cc(Br)c(=O)c(Br)c-2oc2c(Br)c(O)c(Br)cc12. The lowest BCUT2D eigenvalue weighted by molar-refractivity contribution is -0.131. The number of rotatable bonds is 6. The number of phenolic OH excluding ortho intramolecular Hbond substituents is 1. The minimum Gasteiger partial charge on any atom is -0.505 e. The van der Waals surface area contributed by atoms with E-state index in [0.29, 0.717) is 42.3 Å². The largest absolute Gasteiger partial charge is 0.505 e. The first-order valence-corrected chi connectivity index (χ1v) is 19.9. The summed E-state index contributed by atoms with van der Waals surface area (Å²) >= 11 is 14.2. The monoisotopic (exact) mass is 962 g/mol. The van der Waals surface area contributed by atoms with Crippen molar-refractivity contribution in [1.82, 2.24) is 0 Å². The predicted molar refractivity (Wildman–Crippen MR) is 230 cm³/mol. The van der Waals surface area contributed by atoms with Crippen LogP contribution in [0.15, 0.2) is 161 Å². The third-order valence-corrected chi connectivity index (χ3v) is 11.9. The Bertz CT molecular complexity index is 2770. The van der Waals surface area contributed by atoms with Gasteiger partial charge in [-0.2, -0.15) is 0 Å². The topological polar surface area (TPSA) is 76.7 Å². The van der Waals surface area contributed by atoms with Gasteiger partial charge in [-0.1, -0.05) is 121 Å². The van der Waals surface area contributed by atoms with E-state index in [9.17, 15) is 14.7 Å². The maximum Gasteiger partial charge on any atom is 0.308 e. The maximum absolute atomic E-state index is 13.5. The number of benzene rings is 7. The number of halogens is 4. The summed E-state index contributed by atoms with van der Waals surface area (Å²) in [5, 5.41) is 11.7. The third-order valence-electron chi connectivity index (χ3n) is 9.22. The van der Waals surface area contributed by atoms with Crippen LogP contribution < -0.4 is 10.2 Å². The van der Waals surface area contributed by atoms with Gasteiger partial charge < -0.3 is 14.3 Å². The van der Waals surface area contributed by atoms with Crippen molar-refractivity contribution in [3.63, 3.8) is 0 Å². The molecular formula is C45H26Br4O5. The Kier molecular flexibility index (Phi) is 9.91. The van der Waals surface area contributed by atoms with Gasteiger partial charge in [0.15, 0.2) is 11.3 Å². The van der Waals surface area contributed by atoms with E-state index in [1.54, 1.807) is 12.1 Å². The zero-order valence-electron chi connectivity index (χ0n) is 28.3. The van der Waals surface area contributed by atoms with E-state index in [2.05, 4.69) is 88.0 Å². The number of hydrogen-bond donors (Lipinski definition) is 1. The minimum atomic E-state index is -0.516. The molecule has 1 N–H and O–H groups in total. The molecule has 1 heterocycles. The number of hydrogen-bond acceptors (Lipinski definition) is 5. The van der Waals surface area contributed by atoms with Crippen LogP contribution in [0, 0.1) is 0 Å². The Balaban J connectivity index is 1.77. The quantitative estimate of drug-likeness (QED) is 0.102. The highest BCUT2D eigenvalue weighted by Gasteiger charge is 2.34. The van der Waals surface area contributed by atoms with Gasteiger partial charge in [0, 0.05) is 45.7 Å². The Labute approximate surface area is 344 Å². The van der Waals surface area contributed by atoms with Crippen LogP contribution in [0.3, 0.4) is 0 Å². The third kappa shape index (κ3) is 6.23. The van der Waals surface area contributed by atoms with Crippen LogP contribution in [0.2, 0.25) is 0 Å². The maximum atomic E-state index is 13.5. The van der Waals surface area contributed by atoms with Crippen molar-refractivity contribution in [2.45, 2.75) is 6.92 Å². The number of ether oxygens (including phenoxy) is 1. The molecule has 0 bridgehead atoms. The zero-order chi connectivity index (χ0) is 37.7. The van der Waals surface area contributed by atoms with Gasteiger partial charge in [0.1, 0.15) is 20.4 Å². The van der Waals surface area contributed by atoms with Crippen molar-refractivity contribution >= 4 is 80.7 Å². The molecule has 0 spiro atoms. The number of carbonyl (C=O) groups excluding carboxylic acids is 1. The van der Waals surface area contributed by atoms with E-state index >= 15 is 0 Å². The fraction of sp³-hybridized carbons (Fsp3) is 0.0222. The Morgan fingerprint density at radius 2 is 1.02 bits per heavy atom. The fourth-order valence-electron chi connectivity index (χ4n) is 7.03. The summed E-state index contributed by atoms with van der Waals surface area (Å²) < 4.78 is 14.2. The number of carbonyl (C=O) groups is 1. The summed E-state index contributed by atoms with van der Waals surface area (Å²) in [5.74, 6) is -0.0310. The molecule has 0 atom stereocenters. The summed E-state index contributed by atoms with van der Waals surface area (Å²) in [6, 6.07) is 43.6. The first kappa shape index (κ1) is 36.2. The first-order chi connectivity index (χ1) is 26.2. The van der Waals surface area contributed by atoms with E-state index in [0.717, 1.165) is 38.9 Å². The van der Waals surface area contributed by atoms with Gasteiger partial charge in [-0.25, -0.2) is 0 Å². The van der Waals surface area contributed by atoms with Gasteiger partial charge in [-0.15, -0.1) is 0 Å². The summed E-state index contributed by atoms with van der Waals surface area (Å²) in [6.45, 7) is 1.40. The summed E-state index contributed by atoms with van der Waals surface area (Å²) in [4.78, 5) is 27.0. The molecule has 8 rings (SSSR count). The molecule has 9 heteroatoms. The lowest BCUT2D eigenvalue weighted by Crippen LogP contribution is -2.10. The molecule has 1 aliphatic heterocycles. The average Bonchev–Trinajstić information content (AvgIpc) is 3.19. The number of fused-ring (bicyclic) bond motifs is 2. The van der Waals surface area contributed by atoms with Crippen LogP contribution in [-0.2, 0) is 4.79 Å². The highest BCUT2D eigenvalue weighted by Crippen LogP contribution is 2.59. The van der Waals surface area contributed by atoms with Crippen LogP contribution in [0.1, 0.15) is 6.92 Å². The minimum absolute atomic E-state index is 0.0787. The standard InChI is InChI=1S/C45H26Br4O5/c1-24(50)53-45-36(28-20-12-5-13-21-28)34(26-16-8-3-9-17-26)33(25-14-6-2-7-15-25)35(27-18-10-4-11-19-27)38(45)37-29-22-31(46)41(51)39(48)43(29)54-44-30(37)23-32(47)42(52)40(44)49/h2-23,51H,1H3. The lowest BCUT2D eigenvalue weighted by Gasteiger charge is -2.29. The molecule has 5 nitrogen and oxygen atoms in total. The molecule has 0 radical (unpaired) electrons. The smallest absolute Gasteiger partial charge is 0.308 e. The molecule has 0 saturated carbocycles. The Morgan fingerprint density at radius 3 is 1.50 bits per heavy atom. The van der Waals surface area contributed by atoms with E-state index in [1.807, 2.05) is 97.1 Å². The second-order valence-corrected chi connectivity index (χ2v) is 15.8. The normalized spacial score (nSPS) is 11.3. The van der Waals surface area contributed by atoms with Gasteiger partial charge in [0.05, 0.1) is 8.95 Å². The Morgan fingerprint density at radius 1 is 0.574 bits per heavy atom. The molecule has 6 aromatic carbocycles. The molecular weight excluding hydrogens is 940 g/mol. The van der Waals surface area contributed by atoms with Gasteiger partial charge in [0.25, 0.3) is 0 Å². The summed E-state index contributed by atoms with van der Waals surface area (Å²) in [7, 11) is 0. The first-order valence-electron chi connectivity index (χ1n) is 16.8.